The average molecular weight is 239 g/mol. The van der Waals surface area contributed by atoms with Crippen molar-refractivity contribution in [2.45, 2.75) is 6.42 Å². The summed E-state index contributed by atoms with van der Waals surface area (Å²) in [5.41, 5.74) is 1.27. The van der Waals surface area contributed by atoms with Gasteiger partial charge in [-0.25, -0.2) is 0 Å². The highest BCUT2D eigenvalue weighted by molar-refractivity contribution is 9.10. The Kier molecular flexibility index (Phi) is 1.62. The minimum absolute atomic E-state index is 0.985. The summed E-state index contributed by atoms with van der Waals surface area (Å²) in [5, 5.41) is 0. The highest BCUT2D eigenvalue weighted by atomic mass is 79.9. The number of hydrogen-bond acceptors (Lipinski definition) is 2. The fraction of sp³-hybridized carbons (Fsp3) is 0.500. The van der Waals surface area contributed by atoms with Gasteiger partial charge in [0, 0.05) is 23.8 Å². The molecule has 0 spiro atoms. The SMILES string of the molecule is Brc1cncc(N2CC3CC3C2)c1. The van der Waals surface area contributed by atoms with Gasteiger partial charge in [-0.05, 0) is 40.3 Å². The van der Waals surface area contributed by atoms with Crippen molar-refractivity contribution in [3.05, 3.63) is 22.9 Å². The molecule has 0 N–H and O–H groups in total. The van der Waals surface area contributed by atoms with Crippen LogP contribution in [0.25, 0.3) is 0 Å². The summed E-state index contributed by atoms with van der Waals surface area (Å²) in [4.78, 5) is 6.62. The zero-order valence-corrected chi connectivity index (χ0v) is 8.87. The summed E-state index contributed by atoms with van der Waals surface area (Å²) in [6, 6.07) is 2.15. The topological polar surface area (TPSA) is 16.1 Å². The number of halogens is 1. The van der Waals surface area contributed by atoms with Gasteiger partial charge in [0.15, 0.2) is 0 Å². The van der Waals surface area contributed by atoms with Crippen LogP contribution in [-0.4, -0.2) is 18.1 Å². The second-order valence-corrected chi connectivity index (χ2v) is 4.94. The van der Waals surface area contributed by atoms with Crippen molar-refractivity contribution in [2.75, 3.05) is 18.0 Å². The van der Waals surface area contributed by atoms with Crippen molar-refractivity contribution in [3.63, 3.8) is 0 Å². The first-order valence-electron chi connectivity index (χ1n) is 4.68. The Hall–Kier alpha value is -0.570. The molecule has 2 nitrogen and oxygen atoms in total. The molecular weight excluding hydrogens is 228 g/mol. The van der Waals surface area contributed by atoms with Gasteiger partial charge < -0.3 is 4.90 Å². The van der Waals surface area contributed by atoms with E-state index >= 15 is 0 Å². The van der Waals surface area contributed by atoms with E-state index in [1.807, 2.05) is 12.4 Å². The van der Waals surface area contributed by atoms with Crippen LogP contribution in [0.2, 0.25) is 0 Å². The second-order valence-electron chi connectivity index (χ2n) is 4.02. The van der Waals surface area contributed by atoms with Gasteiger partial charge in [0.05, 0.1) is 11.9 Å². The summed E-state index contributed by atoms with van der Waals surface area (Å²) >= 11 is 3.45. The van der Waals surface area contributed by atoms with Gasteiger partial charge in [-0.15, -0.1) is 0 Å². The molecule has 2 unspecified atom stereocenters. The Morgan fingerprint density at radius 3 is 2.77 bits per heavy atom. The zero-order valence-electron chi connectivity index (χ0n) is 7.28. The quantitative estimate of drug-likeness (QED) is 0.747. The highest BCUT2D eigenvalue weighted by Gasteiger charge is 2.45. The molecule has 2 fully saturated rings. The lowest BCUT2D eigenvalue weighted by molar-refractivity contribution is 0.817. The van der Waals surface area contributed by atoms with E-state index in [0.29, 0.717) is 0 Å². The average Bonchev–Trinajstić information content (AvgIpc) is 2.74. The number of rotatable bonds is 1. The Morgan fingerprint density at radius 1 is 1.31 bits per heavy atom. The van der Waals surface area contributed by atoms with E-state index < -0.39 is 0 Å². The van der Waals surface area contributed by atoms with Gasteiger partial charge in [0.25, 0.3) is 0 Å². The number of anilines is 1. The molecule has 1 saturated heterocycles. The van der Waals surface area contributed by atoms with Crippen molar-refractivity contribution in [1.29, 1.82) is 0 Å². The predicted molar refractivity (Wildman–Crippen MR) is 55.7 cm³/mol. The Labute approximate surface area is 86.1 Å². The van der Waals surface area contributed by atoms with Crippen LogP contribution in [0.4, 0.5) is 5.69 Å². The van der Waals surface area contributed by atoms with Crippen LogP contribution < -0.4 is 4.90 Å². The smallest absolute Gasteiger partial charge is 0.0564 e. The summed E-state index contributed by atoms with van der Waals surface area (Å²) in [6.07, 6.45) is 5.24. The largest absolute Gasteiger partial charge is 0.370 e. The van der Waals surface area contributed by atoms with Crippen molar-refractivity contribution in [1.82, 2.24) is 4.98 Å². The first-order valence-corrected chi connectivity index (χ1v) is 5.48. The van der Waals surface area contributed by atoms with Crippen molar-refractivity contribution < 1.29 is 0 Å². The van der Waals surface area contributed by atoms with Crippen LogP contribution in [0.1, 0.15) is 6.42 Å². The van der Waals surface area contributed by atoms with E-state index in [1.54, 1.807) is 0 Å². The van der Waals surface area contributed by atoms with Gasteiger partial charge in [0.1, 0.15) is 0 Å². The zero-order chi connectivity index (χ0) is 8.84. The third kappa shape index (κ3) is 1.35. The van der Waals surface area contributed by atoms with E-state index in [4.69, 9.17) is 0 Å². The molecule has 3 heteroatoms. The lowest BCUT2D eigenvalue weighted by Crippen LogP contribution is -2.21. The predicted octanol–water partition coefficient (Wildman–Crippen LogP) is 2.30. The molecule has 0 amide bonds. The monoisotopic (exact) mass is 238 g/mol. The molecule has 0 radical (unpaired) electrons. The van der Waals surface area contributed by atoms with Crippen LogP contribution in [0.15, 0.2) is 22.9 Å². The summed E-state index contributed by atoms with van der Waals surface area (Å²) in [6.45, 7) is 2.48. The summed E-state index contributed by atoms with van der Waals surface area (Å²) < 4.78 is 1.07. The fourth-order valence-electron chi connectivity index (χ4n) is 2.18. The van der Waals surface area contributed by atoms with Crippen LogP contribution in [0.5, 0.6) is 0 Å². The number of hydrogen-bond donors (Lipinski definition) is 0. The number of aromatic nitrogens is 1. The maximum Gasteiger partial charge on any atom is 0.0564 e. The highest BCUT2D eigenvalue weighted by Crippen LogP contribution is 2.46. The molecule has 1 aliphatic carbocycles. The molecule has 1 saturated carbocycles. The molecule has 1 aromatic rings. The third-order valence-electron chi connectivity index (χ3n) is 3.03. The molecule has 2 aliphatic rings. The van der Waals surface area contributed by atoms with Gasteiger partial charge in [-0.2, -0.15) is 0 Å². The molecule has 2 heterocycles. The standard InChI is InChI=1S/C10H11BrN2/c11-9-2-10(4-12-3-9)13-5-7-1-8(7)6-13/h2-4,7-8H,1,5-6H2. The van der Waals surface area contributed by atoms with Gasteiger partial charge in [0.2, 0.25) is 0 Å². The van der Waals surface area contributed by atoms with Crippen LogP contribution >= 0.6 is 15.9 Å². The Balaban J connectivity index is 1.84. The second kappa shape index (κ2) is 2.71. The minimum Gasteiger partial charge on any atom is -0.370 e. The Morgan fingerprint density at radius 2 is 2.08 bits per heavy atom. The minimum atomic E-state index is 0.985. The van der Waals surface area contributed by atoms with Crippen LogP contribution in [0, 0.1) is 11.8 Å². The number of piperidine rings is 1. The number of nitrogens with zero attached hydrogens (tertiary/aromatic N) is 2. The van der Waals surface area contributed by atoms with Crippen molar-refractivity contribution >= 4 is 21.6 Å². The molecule has 1 aliphatic heterocycles. The van der Waals surface area contributed by atoms with E-state index in [0.717, 1.165) is 16.3 Å². The van der Waals surface area contributed by atoms with Gasteiger partial charge in [-0.1, -0.05) is 0 Å². The normalized spacial score (nSPS) is 30.4. The van der Waals surface area contributed by atoms with E-state index in [1.165, 1.54) is 25.2 Å². The van der Waals surface area contributed by atoms with Gasteiger partial charge >= 0.3 is 0 Å². The molecule has 1 aromatic heterocycles. The third-order valence-corrected chi connectivity index (χ3v) is 3.47. The van der Waals surface area contributed by atoms with Crippen LogP contribution in [0.3, 0.4) is 0 Å². The van der Waals surface area contributed by atoms with E-state index in [-0.39, 0.29) is 0 Å². The molecule has 0 aromatic carbocycles. The van der Waals surface area contributed by atoms with Gasteiger partial charge in [-0.3, -0.25) is 4.98 Å². The first kappa shape index (κ1) is 7.80. The molecule has 68 valence electrons. The lowest BCUT2D eigenvalue weighted by atomic mass is 10.3. The van der Waals surface area contributed by atoms with E-state index in [2.05, 4.69) is 31.9 Å². The summed E-state index contributed by atoms with van der Waals surface area (Å²) in [5.74, 6) is 1.97. The van der Waals surface area contributed by atoms with Crippen molar-refractivity contribution in [2.24, 2.45) is 11.8 Å². The summed E-state index contributed by atoms with van der Waals surface area (Å²) in [7, 11) is 0. The van der Waals surface area contributed by atoms with Crippen molar-refractivity contribution in [3.8, 4) is 0 Å². The lowest BCUT2D eigenvalue weighted by Gasteiger charge is -2.19. The molecule has 2 atom stereocenters. The van der Waals surface area contributed by atoms with Crippen LogP contribution in [-0.2, 0) is 0 Å². The maximum absolute atomic E-state index is 4.18. The molecule has 0 bridgehead atoms. The first-order chi connectivity index (χ1) is 6.33. The molecule has 3 rings (SSSR count). The number of fused-ring (bicyclic) bond motifs is 1. The maximum atomic E-state index is 4.18. The molecule has 13 heavy (non-hydrogen) atoms. The Bertz CT molecular complexity index is 329. The molecular formula is C10H11BrN2. The number of pyridine rings is 1. The van der Waals surface area contributed by atoms with E-state index in [9.17, 15) is 0 Å². The fourth-order valence-corrected chi connectivity index (χ4v) is 2.54.